The van der Waals surface area contributed by atoms with Crippen molar-refractivity contribution < 1.29 is 22.9 Å². The average Bonchev–Trinajstić information content (AvgIpc) is 2.45. The van der Waals surface area contributed by atoms with Crippen molar-refractivity contribution in [1.29, 1.82) is 0 Å². The number of carbonyl (C=O) groups is 1. The maximum Gasteiger partial charge on any atom is 0.416 e. The van der Waals surface area contributed by atoms with Crippen LogP contribution >= 0.6 is 0 Å². The molecule has 0 radical (unpaired) electrons. The summed E-state index contributed by atoms with van der Waals surface area (Å²) in [7, 11) is 0. The van der Waals surface area contributed by atoms with E-state index in [-0.39, 0.29) is 12.1 Å². The standard InChI is InChI=1S/C15H13F3N2O3/c1-3-5-10(4-2)6-14(21)19-12-7-11(15(16,17)18)8-13(9-12)20(22)23/h3-5,7-9H,1-2,6H2,(H,19,21)/b10-5+. The van der Waals surface area contributed by atoms with Crippen LogP contribution in [0.1, 0.15) is 12.0 Å². The molecule has 8 heteroatoms. The normalized spacial score (nSPS) is 11.7. The third kappa shape index (κ3) is 5.42. The van der Waals surface area contributed by atoms with Gasteiger partial charge in [-0.25, -0.2) is 0 Å². The number of nitrogens with one attached hydrogen (secondary N) is 1. The lowest BCUT2D eigenvalue weighted by Crippen LogP contribution is -2.13. The Bertz CT molecular complexity index is 679. The van der Waals surface area contributed by atoms with Crippen LogP contribution in [0.4, 0.5) is 24.5 Å². The summed E-state index contributed by atoms with van der Waals surface area (Å²) in [6, 6.07) is 1.90. The molecule has 0 aromatic heterocycles. The molecule has 0 aliphatic carbocycles. The molecule has 0 unspecified atom stereocenters. The van der Waals surface area contributed by atoms with E-state index >= 15 is 0 Å². The molecule has 1 N–H and O–H groups in total. The van der Waals surface area contributed by atoms with Gasteiger partial charge in [-0.15, -0.1) is 0 Å². The number of nitrogens with zero attached hydrogens (tertiary/aromatic N) is 1. The topological polar surface area (TPSA) is 72.2 Å². The second-order valence-electron chi connectivity index (χ2n) is 4.43. The minimum Gasteiger partial charge on any atom is -0.326 e. The number of hydrogen-bond donors (Lipinski definition) is 1. The number of non-ortho nitro benzene ring substituents is 1. The molecule has 0 spiro atoms. The number of carbonyl (C=O) groups excluding carboxylic acids is 1. The first-order valence-corrected chi connectivity index (χ1v) is 6.28. The van der Waals surface area contributed by atoms with Gasteiger partial charge in [0.15, 0.2) is 0 Å². The van der Waals surface area contributed by atoms with Gasteiger partial charge in [0.1, 0.15) is 0 Å². The zero-order valence-corrected chi connectivity index (χ0v) is 11.9. The lowest BCUT2D eigenvalue weighted by Gasteiger charge is -2.10. The number of hydrogen-bond acceptors (Lipinski definition) is 3. The number of benzene rings is 1. The summed E-state index contributed by atoms with van der Waals surface area (Å²) in [6.45, 7) is 6.94. The highest BCUT2D eigenvalue weighted by Gasteiger charge is 2.33. The summed E-state index contributed by atoms with van der Waals surface area (Å²) in [5.41, 5.74) is -1.79. The molecule has 1 amide bonds. The molecule has 23 heavy (non-hydrogen) atoms. The molecular weight excluding hydrogens is 313 g/mol. The van der Waals surface area contributed by atoms with Crippen LogP contribution in [-0.2, 0) is 11.0 Å². The van der Waals surface area contributed by atoms with Crippen LogP contribution in [0.2, 0.25) is 0 Å². The van der Waals surface area contributed by atoms with E-state index in [0.29, 0.717) is 17.7 Å². The van der Waals surface area contributed by atoms with E-state index in [9.17, 15) is 28.1 Å². The fourth-order valence-corrected chi connectivity index (χ4v) is 1.69. The van der Waals surface area contributed by atoms with E-state index in [1.54, 1.807) is 0 Å². The van der Waals surface area contributed by atoms with Crippen molar-refractivity contribution in [3.8, 4) is 0 Å². The van der Waals surface area contributed by atoms with Crippen LogP contribution < -0.4 is 5.32 Å². The number of nitro groups is 1. The van der Waals surface area contributed by atoms with Gasteiger partial charge in [0.25, 0.3) is 5.69 Å². The Morgan fingerprint density at radius 3 is 2.43 bits per heavy atom. The van der Waals surface area contributed by atoms with Crippen molar-refractivity contribution in [2.24, 2.45) is 0 Å². The van der Waals surface area contributed by atoms with Crippen molar-refractivity contribution in [1.82, 2.24) is 0 Å². The number of alkyl halides is 3. The minimum absolute atomic E-state index is 0.153. The van der Waals surface area contributed by atoms with Gasteiger partial charge in [0, 0.05) is 17.8 Å². The highest BCUT2D eigenvalue weighted by molar-refractivity contribution is 5.93. The van der Waals surface area contributed by atoms with E-state index in [1.165, 1.54) is 18.2 Å². The molecule has 0 aliphatic heterocycles. The van der Waals surface area contributed by atoms with E-state index < -0.39 is 28.3 Å². The summed E-state index contributed by atoms with van der Waals surface area (Å²) < 4.78 is 38.2. The molecule has 0 saturated carbocycles. The van der Waals surface area contributed by atoms with Crippen LogP contribution in [0.15, 0.2) is 55.2 Å². The Labute approximate surface area is 130 Å². The first kappa shape index (κ1) is 18.1. The number of amides is 1. The van der Waals surface area contributed by atoms with Gasteiger partial charge in [0.2, 0.25) is 5.91 Å². The third-order valence-corrected chi connectivity index (χ3v) is 2.70. The molecule has 0 fully saturated rings. The number of rotatable bonds is 6. The van der Waals surface area contributed by atoms with E-state index in [1.807, 2.05) is 0 Å². The highest BCUT2D eigenvalue weighted by Crippen LogP contribution is 2.34. The molecular formula is C15H13F3N2O3. The Morgan fingerprint density at radius 2 is 1.96 bits per heavy atom. The van der Waals surface area contributed by atoms with Gasteiger partial charge < -0.3 is 5.32 Å². The summed E-state index contributed by atoms with van der Waals surface area (Å²) >= 11 is 0. The monoisotopic (exact) mass is 326 g/mol. The van der Waals surface area contributed by atoms with Crippen molar-refractivity contribution in [2.75, 3.05) is 5.32 Å². The molecule has 0 atom stereocenters. The van der Waals surface area contributed by atoms with Crippen LogP contribution in [0.5, 0.6) is 0 Å². The average molecular weight is 326 g/mol. The Balaban J connectivity index is 3.08. The minimum atomic E-state index is -4.76. The fraction of sp³-hybridized carbons (Fsp3) is 0.133. The van der Waals surface area contributed by atoms with Gasteiger partial charge >= 0.3 is 6.18 Å². The van der Waals surface area contributed by atoms with Crippen molar-refractivity contribution in [2.45, 2.75) is 12.6 Å². The summed E-state index contributed by atoms with van der Waals surface area (Å²) in [4.78, 5) is 21.6. The molecule has 1 rings (SSSR count). The fourth-order valence-electron chi connectivity index (χ4n) is 1.69. The summed E-state index contributed by atoms with van der Waals surface area (Å²) in [5, 5.41) is 12.9. The number of allylic oxidation sites excluding steroid dienone is 3. The van der Waals surface area contributed by atoms with Crippen LogP contribution in [0, 0.1) is 10.1 Å². The molecule has 0 aliphatic rings. The van der Waals surface area contributed by atoms with Crippen LogP contribution in [-0.4, -0.2) is 10.8 Å². The quantitative estimate of drug-likeness (QED) is 0.483. The first-order chi connectivity index (χ1) is 10.7. The maximum absolute atomic E-state index is 12.7. The van der Waals surface area contributed by atoms with Gasteiger partial charge in [-0.3, -0.25) is 14.9 Å². The second-order valence-corrected chi connectivity index (χ2v) is 4.43. The van der Waals surface area contributed by atoms with Crippen LogP contribution in [0.3, 0.4) is 0 Å². The molecule has 0 heterocycles. The van der Waals surface area contributed by atoms with Gasteiger partial charge in [0.05, 0.1) is 16.9 Å². The largest absolute Gasteiger partial charge is 0.416 e. The smallest absolute Gasteiger partial charge is 0.326 e. The molecule has 0 saturated heterocycles. The summed E-state index contributed by atoms with van der Waals surface area (Å²) in [5.74, 6) is -0.633. The van der Waals surface area contributed by atoms with E-state index in [0.717, 1.165) is 6.07 Å². The lowest BCUT2D eigenvalue weighted by molar-refractivity contribution is -0.385. The zero-order valence-electron chi connectivity index (χ0n) is 11.9. The molecule has 1 aromatic rings. The van der Waals surface area contributed by atoms with Crippen molar-refractivity contribution >= 4 is 17.3 Å². The molecule has 1 aromatic carbocycles. The molecule has 5 nitrogen and oxygen atoms in total. The first-order valence-electron chi connectivity index (χ1n) is 6.28. The lowest BCUT2D eigenvalue weighted by atomic mass is 10.1. The molecule has 122 valence electrons. The number of anilines is 1. The number of nitro benzene ring substituents is 1. The number of halogens is 3. The van der Waals surface area contributed by atoms with Gasteiger partial charge in [-0.1, -0.05) is 31.4 Å². The van der Waals surface area contributed by atoms with Gasteiger partial charge in [-0.05, 0) is 11.6 Å². The zero-order chi connectivity index (χ0) is 17.6. The third-order valence-electron chi connectivity index (χ3n) is 2.70. The highest BCUT2D eigenvalue weighted by atomic mass is 19.4. The predicted octanol–water partition coefficient (Wildman–Crippen LogP) is 4.24. The Morgan fingerprint density at radius 1 is 1.30 bits per heavy atom. The van der Waals surface area contributed by atoms with Crippen molar-refractivity contribution in [3.63, 3.8) is 0 Å². The van der Waals surface area contributed by atoms with E-state index in [4.69, 9.17) is 0 Å². The Hall–Kier alpha value is -2.90. The molecule has 0 bridgehead atoms. The van der Waals surface area contributed by atoms with Crippen molar-refractivity contribution in [3.05, 3.63) is 70.8 Å². The second kappa shape index (κ2) is 7.39. The van der Waals surface area contributed by atoms with Crippen LogP contribution in [0.25, 0.3) is 0 Å². The SMILES string of the molecule is C=C/C=C(\C=C)CC(=O)Nc1cc([N+](=O)[O-])cc(C(F)(F)F)c1. The predicted molar refractivity (Wildman–Crippen MR) is 79.8 cm³/mol. The maximum atomic E-state index is 12.7. The van der Waals surface area contributed by atoms with E-state index in [2.05, 4.69) is 18.5 Å². The van der Waals surface area contributed by atoms with Gasteiger partial charge in [-0.2, -0.15) is 13.2 Å². The Kier molecular flexibility index (Phi) is 5.83. The summed E-state index contributed by atoms with van der Waals surface area (Å²) in [6.07, 6.45) is -0.573.